The van der Waals surface area contributed by atoms with Gasteiger partial charge in [-0.15, -0.1) is 0 Å². The molecular weight excluding hydrogens is 476 g/mol. The summed E-state index contributed by atoms with van der Waals surface area (Å²) in [6.45, 7) is 10.8. The Kier molecular flexibility index (Phi) is 9.55. The lowest BCUT2D eigenvalue weighted by Crippen LogP contribution is -2.36. The van der Waals surface area contributed by atoms with Gasteiger partial charge >= 0.3 is 0 Å². The van der Waals surface area contributed by atoms with Crippen LogP contribution in [0.2, 0.25) is 0 Å². The summed E-state index contributed by atoms with van der Waals surface area (Å²) in [6, 6.07) is 18.0. The van der Waals surface area contributed by atoms with Gasteiger partial charge in [0.15, 0.2) is 0 Å². The predicted molar refractivity (Wildman–Crippen MR) is 152 cm³/mol. The smallest absolute Gasteiger partial charge is 0.269 e. The molecule has 0 N–H and O–H groups in total. The van der Waals surface area contributed by atoms with Crippen LogP contribution in [0.15, 0.2) is 65.4 Å². The third-order valence-electron chi connectivity index (χ3n) is 5.85. The summed E-state index contributed by atoms with van der Waals surface area (Å²) >= 11 is 7.25. The van der Waals surface area contributed by atoms with Crippen LogP contribution in [0.5, 0.6) is 11.5 Å². The molecule has 1 heterocycles. The van der Waals surface area contributed by atoms with Gasteiger partial charge in [0.25, 0.3) is 5.17 Å². The Balaban J connectivity index is 1.58. The van der Waals surface area contributed by atoms with E-state index in [1.54, 1.807) is 18.4 Å². The molecule has 5 nitrogen and oxygen atoms in total. The van der Waals surface area contributed by atoms with Crippen molar-refractivity contribution < 1.29 is 14.2 Å². The van der Waals surface area contributed by atoms with Gasteiger partial charge in [0.2, 0.25) is 0 Å². The number of thiocarbonyl (C=S) groups is 1. The largest absolute Gasteiger partial charge is 0.491 e. The van der Waals surface area contributed by atoms with Crippen molar-refractivity contribution in [1.29, 1.82) is 0 Å². The van der Waals surface area contributed by atoms with E-state index in [1.807, 2.05) is 48.3 Å². The Morgan fingerprint density at radius 1 is 1.03 bits per heavy atom. The fourth-order valence-corrected chi connectivity index (χ4v) is 4.43. The third-order valence-corrected chi connectivity index (χ3v) is 6.88. The van der Waals surface area contributed by atoms with E-state index in [2.05, 4.69) is 61.6 Å². The first-order chi connectivity index (χ1) is 16.7. The predicted octanol–water partition coefficient (Wildman–Crippen LogP) is 6.77. The normalized spacial score (nSPS) is 12.2. The van der Waals surface area contributed by atoms with Crippen molar-refractivity contribution in [3.8, 4) is 11.5 Å². The molecule has 35 heavy (non-hydrogen) atoms. The van der Waals surface area contributed by atoms with Crippen molar-refractivity contribution in [3.63, 3.8) is 0 Å². The molecule has 0 spiro atoms. The fraction of sp³-hybridized carbons (Fsp3) is 0.393. The van der Waals surface area contributed by atoms with Gasteiger partial charge < -0.3 is 24.0 Å². The summed E-state index contributed by atoms with van der Waals surface area (Å²) in [6.07, 6.45) is -0.0586. The van der Waals surface area contributed by atoms with Gasteiger partial charge in [-0.25, -0.2) is 0 Å². The van der Waals surface area contributed by atoms with Crippen molar-refractivity contribution >= 4 is 40.1 Å². The number of nitrogens with zero attached hydrogens (tertiary/aromatic N) is 2. The highest BCUT2D eigenvalue weighted by atomic mass is 32.1. The molecule has 0 aliphatic carbocycles. The van der Waals surface area contributed by atoms with Crippen molar-refractivity contribution in [2.75, 3.05) is 43.7 Å². The first-order valence-corrected chi connectivity index (χ1v) is 13.1. The van der Waals surface area contributed by atoms with Crippen LogP contribution in [-0.2, 0) is 10.2 Å². The second kappa shape index (κ2) is 12.4. The zero-order chi connectivity index (χ0) is 25.4. The van der Waals surface area contributed by atoms with Gasteiger partial charge in [-0.05, 0) is 65.8 Å². The van der Waals surface area contributed by atoms with Gasteiger partial charge in [-0.3, -0.25) is 0 Å². The first-order valence-electron chi connectivity index (χ1n) is 11.8. The molecule has 1 unspecified atom stereocenters. The van der Waals surface area contributed by atoms with Crippen LogP contribution in [-0.4, -0.2) is 45.1 Å². The summed E-state index contributed by atoms with van der Waals surface area (Å²) in [5.74, 6) is 1.48. The van der Waals surface area contributed by atoms with Crippen LogP contribution in [0.25, 0.3) is 0 Å². The molecule has 0 radical (unpaired) electrons. The Labute approximate surface area is 219 Å². The van der Waals surface area contributed by atoms with Gasteiger partial charge in [0.05, 0.1) is 0 Å². The van der Waals surface area contributed by atoms with E-state index in [9.17, 15) is 0 Å². The van der Waals surface area contributed by atoms with E-state index in [4.69, 9.17) is 26.4 Å². The lowest BCUT2D eigenvalue weighted by atomic mass is 9.87. The van der Waals surface area contributed by atoms with Crippen molar-refractivity contribution in [1.82, 2.24) is 0 Å². The molecular formula is C28H36N2O3S2. The molecule has 0 bridgehead atoms. The van der Waals surface area contributed by atoms with Gasteiger partial charge in [-0.2, -0.15) is 11.3 Å². The molecule has 0 saturated heterocycles. The van der Waals surface area contributed by atoms with Crippen LogP contribution < -0.4 is 19.3 Å². The van der Waals surface area contributed by atoms with E-state index < -0.39 is 0 Å². The third kappa shape index (κ3) is 7.69. The lowest BCUT2D eigenvalue weighted by Gasteiger charge is -2.27. The standard InChI is InChI=1S/C28H36N2O3S2/c1-7-30(23-15-16-35-20-23)18-26(31-6)19-32-25-10-8-9-22(17-25)29(5)27(34)33-24-13-11-21(12-14-24)28(2,3)4/h8-17,20,26H,7,18-19H2,1-6H3. The zero-order valence-corrected chi connectivity index (χ0v) is 23.1. The maximum atomic E-state index is 6.10. The number of hydrogen-bond acceptors (Lipinski definition) is 6. The monoisotopic (exact) mass is 512 g/mol. The Hall–Kier alpha value is -2.61. The molecule has 7 heteroatoms. The molecule has 0 aliphatic rings. The number of ether oxygens (including phenoxy) is 3. The molecule has 1 atom stereocenters. The van der Waals surface area contributed by atoms with Gasteiger partial charge in [0.1, 0.15) is 24.2 Å². The SMILES string of the molecule is CCN(CC(COc1cccc(N(C)C(=S)Oc2ccc(C(C)(C)C)cc2)c1)OC)c1ccsc1. The zero-order valence-electron chi connectivity index (χ0n) is 21.5. The number of thiophene rings is 1. The number of benzene rings is 2. The second-order valence-corrected chi connectivity index (χ2v) is 10.5. The summed E-state index contributed by atoms with van der Waals surface area (Å²) in [5.41, 5.74) is 3.45. The van der Waals surface area contributed by atoms with E-state index in [0.29, 0.717) is 11.8 Å². The summed E-state index contributed by atoms with van der Waals surface area (Å²) < 4.78 is 17.7. The highest BCUT2D eigenvalue weighted by molar-refractivity contribution is 7.80. The molecule has 2 aromatic carbocycles. The first kappa shape index (κ1) is 27.0. The van der Waals surface area contributed by atoms with Crippen LogP contribution in [0.3, 0.4) is 0 Å². The van der Waals surface area contributed by atoms with Crippen LogP contribution >= 0.6 is 23.6 Å². The van der Waals surface area contributed by atoms with Crippen molar-refractivity contribution in [2.45, 2.75) is 39.2 Å². The van der Waals surface area contributed by atoms with E-state index >= 15 is 0 Å². The van der Waals surface area contributed by atoms with E-state index in [0.717, 1.165) is 30.3 Å². The number of hydrogen-bond donors (Lipinski definition) is 0. The maximum Gasteiger partial charge on any atom is 0.269 e. The lowest BCUT2D eigenvalue weighted by molar-refractivity contribution is 0.0630. The van der Waals surface area contributed by atoms with Crippen molar-refractivity contribution in [3.05, 3.63) is 70.9 Å². The minimum atomic E-state index is -0.0586. The molecule has 0 amide bonds. The molecule has 1 aromatic heterocycles. The summed E-state index contributed by atoms with van der Waals surface area (Å²) in [4.78, 5) is 4.13. The molecule has 3 rings (SSSR count). The molecule has 3 aromatic rings. The molecule has 188 valence electrons. The Morgan fingerprint density at radius 3 is 2.37 bits per heavy atom. The van der Waals surface area contributed by atoms with E-state index in [-0.39, 0.29) is 11.5 Å². The minimum Gasteiger partial charge on any atom is -0.491 e. The van der Waals surface area contributed by atoms with E-state index in [1.165, 1.54) is 11.3 Å². The molecule has 0 aliphatic heterocycles. The number of rotatable bonds is 10. The van der Waals surface area contributed by atoms with Gasteiger partial charge in [-0.1, -0.05) is 39.0 Å². The van der Waals surface area contributed by atoms with Crippen LogP contribution in [0, 0.1) is 0 Å². The minimum absolute atomic E-state index is 0.0586. The quantitative estimate of drug-likeness (QED) is 0.279. The highest BCUT2D eigenvalue weighted by Crippen LogP contribution is 2.26. The van der Waals surface area contributed by atoms with Crippen LogP contribution in [0.1, 0.15) is 33.3 Å². The van der Waals surface area contributed by atoms with Crippen LogP contribution in [0.4, 0.5) is 11.4 Å². The Bertz CT molecular complexity index is 1060. The maximum absolute atomic E-state index is 6.10. The highest BCUT2D eigenvalue weighted by Gasteiger charge is 2.17. The summed E-state index contributed by atoms with van der Waals surface area (Å²) in [5, 5.41) is 4.61. The number of methoxy groups -OCH3 is 1. The Morgan fingerprint density at radius 2 is 1.77 bits per heavy atom. The average Bonchev–Trinajstić information content (AvgIpc) is 3.38. The van der Waals surface area contributed by atoms with Gasteiger partial charge in [0, 0.05) is 50.1 Å². The molecule has 0 fully saturated rings. The summed E-state index contributed by atoms with van der Waals surface area (Å²) in [7, 11) is 3.62. The molecule has 0 saturated carbocycles. The topological polar surface area (TPSA) is 34.2 Å². The second-order valence-electron chi connectivity index (χ2n) is 9.39. The van der Waals surface area contributed by atoms with Crippen molar-refractivity contribution in [2.24, 2.45) is 0 Å². The number of anilines is 2. The fourth-order valence-electron chi connectivity index (χ4n) is 3.56. The number of likely N-dealkylation sites (N-methyl/N-ethyl adjacent to an activating group) is 1. The average molecular weight is 513 g/mol.